The van der Waals surface area contributed by atoms with Crippen molar-refractivity contribution >= 4 is 12.0 Å². The maximum atomic E-state index is 13.2. The minimum Gasteiger partial charge on any atom is -0.481 e. The summed E-state index contributed by atoms with van der Waals surface area (Å²) in [4.78, 5) is 23.6. The number of nitrogens with zero attached hydrogens (tertiary/aromatic N) is 1. The molecule has 1 fully saturated rings. The van der Waals surface area contributed by atoms with Crippen molar-refractivity contribution in [1.82, 2.24) is 10.2 Å². The molecule has 0 heterocycles. The highest BCUT2D eigenvalue weighted by molar-refractivity contribution is 5.76. The van der Waals surface area contributed by atoms with E-state index in [1.807, 2.05) is 0 Å². The zero-order chi connectivity index (χ0) is 13.2. The zero-order valence-corrected chi connectivity index (χ0v) is 10.4. The summed E-state index contributed by atoms with van der Waals surface area (Å²) in [6, 6.07) is -0.487. The van der Waals surface area contributed by atoms with Gasteiger partial charge in [0.1, 0.15) is 5.67 Å². The number of nitrogens with one attached hydrogen (secondary N) is 1. The molecule has 0 radical (unpaired) electrons. The molecule has 1 aliphatic carbocycles. The van der Waals surface area contributed by atoms with Crippen LogP contribution in [0.15, 0.2) is 0 Å². The second-order valence-electron chi connectivity index (χ2n) is 5.09. The summed E-state index contributed by atoms with van der Waals surface area (Å²) in [5.41, 5.74) is -1.18. The number of alkyl halides is 1. The Bertz CT molecular complexity index is 312. The van der Waals surface area contributed by atoms with Crippen LogP contribution in [-0.4, -0.2) is 47.3 Å². The van der Waals surface area contributed by atoms with E-state index in [0.717, 1.165) is 0 Å². The first-order valence-electron chi connectivity index (χ1n) is 5.64. The lowest BCUT2D eigenvalue weighted by Crippen LogP contribution is -2.54. The van der Waals surface area contributed by atoms with Crippen molar-refractivity contribution in [1.29, 1.82) is 0 Å². The van der Waals surface area contributed by atoms with Crippen LogP contribution < -0.4 is 5.32 Å². The van der Waals surface area contributed by atoms with E-state index in [0.29, 0.717) is 12.8 Å². The number of carboxylic acid groups (broad SMARTS) is 1. The molecule has 6 heteroatoms. The fourth-order valence-corrected chi connectivity index (χ4v) is 1.93. The van der Waals surface area contributed by atoms with E-state index in [-0.39, 0.29) is 18.6 Å². The number of aliphatic carboxylic acids is 1. The molecule has 0 bridgehead atoms. The van der Waals surface area contributed by atoms with E-state index in [9.17, 15) is 14.0 Å². The summed E-state index contributed by atoms with van der Waals surface area (Å²) in [5.74, 6) is -1.55. The van der Waals surface area contributed by atoms with Crippen molar-refractivity contribution in [3.63, 3.8) is 0 Å². The average molecular weight is 246 g/mol. The lowest BCUT2D eigenvalue weighted by Gasteiger charge is -2.39. The first kappa shape index (κ1) is 13.7. The van der Waals surface area contributed by atoms with Crippen molar-refractivity contribution in [3.05, 3.63) is 0 Å². The number of hydrogen-bond donors (Lipinski definition) is 2. The molecule has 0 aromatic heterocycles. The lowest BCUT2D eigenvalue weighted by atomic mass is 9.79. The molecule has 1 saturated carbocycles. The Hall–Kier alpha value is -1.33. The molecule has 1 rings (SSSR count). The third kappa shape index (κ3) is 3.87. The van der Waals surface area contributed by atoms with Gasteiger partial charge >= 0.3 is 12.0 Å². The van der Waals surface area contributed by atoms with Crippen LogP contribution in [0.3, 0.4) is 0 Å². The lowest BCUT2D eigenvalue weighted by molar-refractivity contribution is -0.141. The molecule has 2 N–H and O–H groups in total. The summed E-state index contributed by atoms with van der Waals surface area (Å²) in [7, 11) is 1.53. The van der Waals surface area contributed by atoms with E-state index in [4.69, 9.17) is 5.11 Å². The van der Waals surface area contributed by atoms with Gasteiger partial charge in [0.05, 0.1) is 5.92 Å². The van der Waals surface area contributed by atoms with Gasteiger partial charge in [0, 0.05) is 32.5 Å². The molecule has 1 atom stereocenters. The van der Waals surface area contributed by atoms with Gasteiger partial charge < -0.3 is 15.3 Å². The molecule has 1 unspecified atom stereocenters. The summed E-state index contributed by atoms with van der Waals surface area (Å²) in [6.45, 7) is 3.18. The SMILES string of the molecule is CC(CN(C)C(=O)NC1CC(C)(F)C1)C(=O)O. The Balaban J connectivity index is 2.31. The van der Waals surface area contributed by atoms with Crippen molar-refractivity contribution in [3.8, 4) is 0 Å². The number of hydrogen-bond acceptors (Lipinski definition) is 2. The van der Waals surface area contributed by atoms with Crippen LogP contribution in [0, 0.1) is 5.92 Å². The molecule has 1 aliphatic rings. The minimum atomic E-state index is -1.18. The standard InChI is InChI=1S/C11H19FN2O3/c1-7(9(15)16)6-14(3)10(17)13-8-4-11(2,12)5-8/h7-8H,4-6H2,1-3H3,(H,13,17)(H,15,16). The van der Waals surface area contributed by atoms with Gasteiger partial charge in [-0.05, 0) is 6.92 Å². The normalized spacial score (nSPS) is 29.1. The number of amides is 2. The molecule has 17 heavy (non-hydrogen) atoms. The maximum Gasteiger partial charge on any atom is 0.317 e. The van der Waals surface area contributed by atoms with Crippen LogP contribution in [0.1, 0.15) is 26.7 Å². The highest BCUT2D eigenvalue weighted by atomic mass is 19.1. The molecule has 98 valence electrons. The van der Waals surface area contributed by atoms with Crippen LogP contribution in [-0.2, 0) is 4.79 Å². The number of carbonyl (C=O) groups excluding carboxylic acids is 1. The van der Waals surface area contributed by atoms with Crippen LogP contribution in [0.4, 0.5) is 9.18 Å². The van der Waals surface area contributed by atoms with Crippen molar-refractivity contribution in [2.75, 3.05) is 13.6 Å². The summed E-state index contributed by atoms with van der Waals surface area (Å²) in [5, 5.41) is 11.4. The molecule has 0 saturated heterocycles. The number of urea groups is 1. The largest absolute Gasteiger partial charge is 0.481 e. The highest BCUT2D eigenvalue weighted by Crippen LogP contribution is 2.35. The minimum absolute atomic E-state index is 0.139. The van der Waals surface area contributed by atoms with E-state index in [1.54, 1.807) is 0 Å². The summed E-state index contributed by atoms with van der Waals surface area (Å²) in [6.07, 6.45) is 0.641. The summed E-state index contributed by atoms with van der Waals surface area (Å²) >= 11 is 0. The Kier molecular flexibility index (Phi) is 3.95. The predicted octanol–water partition coefficient (Wildman–Crippen LogP) is 1.24. The van der Waals surface area contributed by atoms with Gasteiger partial charge in [0.2, 0.25) is 0 Å². The van der Waals surface area contributed by atoms with Crippen molar-refractivity contribution in [2.45, 2.75) is 38.4 Å². The van der Waals surface area contributed by atoms with E-state index in [1.165, 1.54) is 25.8 Å². The van der Waals surface area contributed by atoms with Crippen LogP contribution in [0.5, 0.6) is 0 Å². The van der Waals surface area contributed by atoms with Gasteiger partial charge in [0.25, 0.3) is 0 Å². The monoisotopic (exact) mass is 246 g/mol. The number of rotatable bonds is 4. The van der Waals surface area contributed by atoms with Crippen molar-refractivity contribution in [2.24, 2.45) is 5.92 Å². The third-order valence-corrected chi connectivity index (χ3v) is 2.99. The molecular weight excluding hydrogens is 227 g/mol. The van der Waals surface area contributed by atoms with E-state index >= 15 is 0 Å². The van der Waals surface area contributed by atoms with Gasteiger partial charge in [-0.25, -0.2) is 9.18 Å². The van der Waals surface area contributed by atoms with Gasteiger partial charge in [-0.15, -0.1) is 0 Å². The topological polar surface area (TPSA) is 69.6 Å². The second kappa shape index (κ2) is 4.89. The second-order valence-corrected chi connectivity index (χ2v) is 5.09. The highest BCUT2D eigenvalue weighted by Gasteiger charge is 2.41. The maximum absolute atomic E-state index is 13.2. The Morgan fingerprint density at radius 1 is 1.59 bits per heavy atom. The molecule has 5 nitrogen and oxygen atoms in total. The first-order valence-corrected chi connectivity index (χ1v) is 5.64. The van der Waals surface area contributed by atoms with Crippen LogP contribution in [0.2, 0.25) is 0 Å². The quantitative estimate of drug-likeness (QED) is 0.784. The molecule has 0 aromatic carbocycles. The fraction of sp³-hybridized carbons (Fsp3) is 0.818. The molecular formula is C11H19FN2O3. The summed E-state index contributed by atoms with van der Waals surface area (Å²) < 4.78 is 13.2. The Labute approximate surface area is 100.0 Å². The van der Waals surface area contributed by atoms with Crippen LogP contribution >= 0.6 is 0 Å². The molecule has 0 spiro atoms. The molecule has 0 aliphatic heterocycles. The van der Waals surface area contributed by atoms with Gasteiger partial charge in [0.15, 0.2) is 0 Å². The van der Waals surface area contributed by atoms with Crippen LogP contribution in [0.25, 0.3) is 0 Å². The molecule has 2 amide bonds. The van der Waals surface area contributed by atoms with E-state index < -0.39 is 17.6 Å². The predicted molar refractivity (Wildman–Crippen MR) is 60.5 cm³/mol. The van der Waals surface area contributed by atoms with Crippen molar-refractivity contribution < 1.29 is 19.1 Å². The number of halogens is 1. The van der Waals surface area contributed by atoms with Gasteiger partial charge in [-0.1, -0.05) is 6.92 Å². The fourth-order valence-electron chi connectivity index (χ4n) is 1.93. The van der Waals surface area contributed by atoms with Gasteiger partial charge in [-0.2, -0.15) is 0 Å². The van der Waals surface area contributed by atoms with E-state index in [2.05, 4.69) is 5.32 Å². The zero-order valence-electron chi connectivity index (χ0n) is 10.4. The first-order chi connectivity index (χ1) is 7.71. The Morgan fingerprint density at radius 2 is 2.12 bits per heavy atom. The molecule has 0 aromatic rings. The Morgan fingerprint density at radius 3 is 2.53 bits per heavy atom. The average Bonchev–Trinajstić information content (AvgIpc) is 2.14. The number of carboxylic acids is 1. The number of carbonyl (C=O) groups is 2. The van der Waals surface area contributed by atoms with Gasteiger partial charge in [-0.3, -0.25) is 4.79 Å². The third-order valence-electron chi connectivity index (χ3n) is 2.99. The smallest absolute Gasteiger partial charge is 0.317 e.